The maximum absolute atomic E-state index is 5.97. The normalized spacial score (nSPS) is 12.7. The molecule has 2 aromatic rings. The minimum absolute atomic E-state index is 0.00181. The second-order valence-electron chi connectivity index (χ2n) is 6.37. The summed E-state index contributed by atoms with van der Waals surface area (Å²) in [5.74, 6) is 1.59. The number of aromatic nitrogens is 2. The van der Waals surface area contributed by atoms with Gasteiger partial charge in [0.15, 0.2) is 5.96 Å². The molecule has 0 fully saturated rings. The zero-order chi connectivity index (χ0) is 19.8. The lowest BCUT2D eigenvalue weighted by atomic mass is 10.1. The van der Waals surface area contributed by atoms with Crippen molar-refractivity contribution in [2.75, 3.05) is 13.6 Å². The summed E-state index contributed by atoms with van der Waals surface area (Å²) in [4.78, 5) is 4.32. The van der Waals surface area contributed by atoms with Gasteiger partial charge >= 0.3 is 0 Å². The summed E-state index contributed by atoms with van der Waals surface area (Å²) in [5.41, 5.74) is 3.67. The van der Waals surface area contributed by atoms with Gasteiger partial charge in [0.1, 0.15) is 11.9 Å². The van der Waals surface area contributed by atoms with Crippen LogP contribution in [0.1, 0.15) is 37.7 Å². The Labute approximate surface area is 170 Å². The van der Waals surface area contributed by atoms with Crippen LogP contribution >= 0.6 is 15.9 Å². The number of rotatable bonds is 8. The molecule has 1 atom stereocenters. The molecule has 1 aromatic heterocycles. The molecule has 2 N–H and O–H groups in total. The number of ether oxygens (including phenoxy) is 1. The minimum atomic E-state index is -0.00181. The average molecular weight is 436 g/mol. The van der Waals surface area contributed by atoms with E-state index in [2.05, 4.69) is 50.5 Å². The Hall–Kier alpha value is -2.02. The van der Waals surface area contributed by atoms with Gasteiger partial charge in [-0.1, -0.05) is 26.0 Å². The molecule has 1 aromatic carbocycles. The van der Waals surface area contributed by atoms with E-state index >= 15 is 0 Å². The van der Waals surface area contributed by atoms with Gasteiger partial charge in [0, 0.05) is 31.9 Å². The zero-order valence-electron chi connectivity index (χ0n) is 16.8. The SMILES string of the molecule is CCc1nn(C)c(CC)c1CNC(=NC)NCC(C)Oc1ccccc1Br. The van der Waals surface area contributed by atoms with Gasteiger partial charge in [0.25, 0.3) is 0 Å². The zero-order valence-corrected chi connectivity index (χ0v) is 18.4. The number of benzene rings is 1. The van der Waals surface area contributed by atoms with Crippen LogP contribution in [-0.4, -0.2) is 35.4 Å². The summed E-state index contributed by atoms with van der Waals surface area (Å²) in [5, 5.41) is 11.4. The number of hydrogen-bond donors (Lipinski definition) is 2. The monoisotopic (exact) mass is 435 g/mol. The highest BCUT2D eigenvalue weighted by molar-refractivity contribution is 9.10. The number of para-hydroxylation sites is 1. The van der Waals surface area contributed by atoms with Crippen molar-refractivity contribution in [3.8, 4) is 5.75 Å². The molecule has 0 radical (unpaired) electrons. The fourth-order valence-corrected chi connectivity index (χ4v) is 3.40. The molecule has 0 aliphatic heterocycles. The Morgan fingerprint density at radius 2 is 2.00 bits per heavy atom. The van der Waals surface area contributed by atoms with E-state index < -0.39 is 0 Å². The first kappa shape index (κ1) is 21.3. The van der Waals surface area contributed by atoms with Crippen molar-refractivity contribution in [1.82, 2.24) is 20.4 Å². The van der Waals surface area contributed by atoms with Crippen molar-refractivity contribution in [3.63, 3.8) is 0 Å². The number of nitrogens with zero attached hydrogens (tertiary/aromatic N) is 3. The van der Waals surface area contributed by atoms with Gasteiger partial charge in [-0.2, -0.15) is 5.10 Å². The smallest absolute Gasteiger partial charge is 0.191 e. The molecular weight excluding hydrogens is 406 g/mol. The first-order chi connectivity index (χ1) is 13.0. The Balaban J connectivity index is 1.90. The molecule has 0 saturated heterocycles. The highest BCUT2D eigenvalue weighted by Crippen LogP contribution is 2.24. The number of halogens is 1. The van der Waals surface area contributed by atoms with E-state index in [0.29, 0.717) is 13.1 Å². The van der Waals surface area contributed by atoms with Crippen LogP contribution in [0.3, 0.4) is 0 Å². The van der Waals surface area contributed by atoms with Crippen LogP contribution in [0, 0.1) is 0 Å². The fourth-order valence-electron chi connectivity index (χ4n) is 3.03. The number of nitrogens with one attached hydrogen (secondary N) is 2. The van der Waals surface area contributed by atoms with Crippen molar-refractivity contribution < 1.29 is 4.74 Å². The summed E-state index contributed by atoms with van der Waals surface area (Å²) in [7, 11) is 3.79. The van der Waals surface area contributed by atoms with E-state index in [0.717, 1.165) is 34.7 Å². The molecule has 0 aliphatic carbocycles. The van der Waals surface area contributed by atoms with Crippen LogP contribution in [0.5, 0.6) is 5.75 Å². The minimum Gasteiger partial charge on any atom is -0.488 e. The molecule has 1 heterocycles. The third kappa shape index (κ3) is 5.73. The standard InChI is InChI=1S/C20H30BrN5O/c1-6-17-15(18(7-2)26(5)25-17)13-24-20(22-4)23-12-14(3)27-19-11-9-8-10-16(19)21/h8-11,14H,6-7,12-13H2,1-5H3,(H2,22,23,24). The molecule has 0 amide bonds. The largest absolute Gasteiger partial charge is 0.488 e. The maximum Gasteiger partial charge on any atom is 0.191 e. The summed E-state index contributed by atoms with van der Waals surface area (Å²) >= 11 is 3.51. The molecule has 148 valence electrons. The predicted octanol–water partition coefficient (Wildman–Crippen LogP) is 3.44. The molecule has 27 heavy (non-hydrogen) atoms. The van der Waals surface area contributed by atoms with Crippen molar-refractivity contribution >= 4 is 21.9 Å². The molecule has 6 nitrogen and oxygen atoms in total. The maximum atomic E-state index is 5.97. The van der Waals surface area contributed by atoms with Gasteiger partial charge < -0.3 is 15.4 Å². The number of hydrogen-bond acceptors (Lipinski definition) is 3. The number of aliphatic imine (C=N–C) groups is 1. The summed E-state index contributed by atoms with van der Waals surface area (Å²) in [6, 6.07) is 7.86. The van der Waals surface area contributed by atoms with Crippen LogP contribution in [0.25, 0.3) is 0 Å². The van der Waals surface area contributed by atoms with Crippen molar-refractivity contribution in [2.24, 2.45) is 12.0 Å². The van der Waals surface area contributed by atoms with E-state index in [-0.39, 0.29) is 6.10 Å². The van der Waals surface area contributed by atoms with E-state index in [1.165, 1.54) is 11.3 Å². The van der Waals surface area contributed by atoms with Crippen LogP contribution in [-0.2, 0) is 26.4 Å². The van der Waals surface area contributed by atoms with Gasteiger partial charge in [0.05, 0.1) is 16.7 Å². The first-order valence-corrected chi connectivity index (χ1v) is 10.2. The quantitative estimate of drug-likeness (QED) is 0.492. The molecule has 0 aliphatic rings. The third-order valence-electron chi connectivity index (χ3n) is 4.41. The van der Waals surface area contributed by atoms with Crippen LogP contribution in [0.4, 0.5) is 0 Å². The fraction of sp³-hybridized carbons (Fsp3) is 0.500. The molecule has 0 spiro atoms. The molecule has 7 heteroatoms. The molecule has 0 bridgehead atoms. The summed E-state index contributed by atoms with van der Waals surface area (Å²) in [6.45, 7) is 7.69. The van der Waals surface area contributed by atoms with Crippen molar-refractivity contribution in [2.45, 2.75) is 46.3 Å². The Bertz CT molecular complexity index is 772. The molecule has 0 saturated carbocycles. The van der Waals surface area contributed by atoms with Crippen molar-refractivity contribution in [1.29, 1.82) is 0 Å². The second-order valence-corrected chi connectivity index (χ2v) is 7.22. The highest BCUT2D eigenvalue weighted by atomic mass is 79.9. The third-order valence-corrected chi connectivity index (χ3v) is 5.06. The van der Waals surface area contributed by atoms with Crippen LogP contribution in [0.15, 0.2) is 33.7 Å². The molecular formula is C20H30BrN5O. The lowest BCUT2D eigenvalue weighted by Gasteiger charge is -2.18. The average Bonchev–Trinajstić information content (AvgIpc) is 2.98. The van der Waals surface area contributed by atoms with Gasteiger partial charge in [-0.3, -0.25) is 9.67 Å². The van der Waals surface area contributed by atoms with Gasteiger partial charge in [0.2, 0.25) is 0 Å². The van der Waals surface area contributed by atoms with E-state index in [1.807, 2.05) is 42.9 Å². The first-order valence-electron chi connectivity index (χ1n) is 9.39. The Kier molecular flexibility index (Phi) is 8.16. The van der Waals surface area contributed by atoms with Crippen LogP contribution < -0.4 is 15.4 Å². The second kappa shape index (κ2) is 10.3. The lowest BCUT2D eigenvalue weighted by Crippen LogP contribution is -2.41. The predicted molar refractivity (Wildman–Crippen MR) is 114 cm³/mol. The topological polar surface area (TPSA) is 63.5 Å². The van der Waals surface area contributed by atoms with E-state index in [9.17, 15) is 0 Å². The van der Waals surface area contributed by atoms with Gasteiger partial charge in [-0.25, -0.2) is 0 Å². The molecule has 2 rings (SSSR count). The van der Waals surface area contributed by atoms with E-state index in [1.54, 1.807) is 7.05 Å². The lowest BCUT2D eigenvalue weighted by molar-refractivity contribution is 0.222. The molecule has 1 unspecified atom stereocenters. The Morgan fingerprint density at radius 1 is 1.26 bits per heavy atom. The van der Waals surface area contributed by atoms with Gasteiger partial charge in [-0.05, 0) is 47.8 Å². The van der Waals surface area contributed by atoms with Gasteiger partial charge in [-0.15, -0.1) is 0 Å². The number of aryl methyl sites for hydroxylation is 2. The number of guanidine groups is 1. The van der Waals surface area contributed by atoms with Crippen molar-refractivity contribution in [3.05, 3.63) is 45.7 Å². The summed E-state index contributed by atoms with van der Waals surface area (Å²) in [6.07, 6.45) is 1.88. The highest BCUT2D eigenvalue weighted by Gasteiger charge is 2.14. The van der Waals surface area contributed by atoms with Crippen LogP contribution in [0.2, 0.25) is 0 Å². The summed E-state index contributed by atoms with van der Waals surface area (Å²) < 4.78 is 8.91. The van der Waals surface area contributed by atoms with E-state index in [4.69, 9.17) is 4.74 Å². The Morgan fingerprint density at radius 3 is 2.63 bits per heavy atom.